The van der Waals surface area contributed by atoms with Crippen LogP contribution in [0.15, 0.2) is 61.1 Å². The van der Waals surface area contributed by atoms with Gasteiger partial charge in [0.1, 0.15) is 11.4 Å². The molecule has 28 heavy (non-hydrogen) atoms. The molecule has 1 aliphatic rings. The molecule has 1 aliphatic heterocycles. The minimum absolute atomic E-state index is 0.0366. The van der Waals surface area contributed by atoms with Gasteiger partial charge in [0.05, 0.1) is 11.9 Å². The highest BCUT2D eigenvalue weighted by Gasteiger charge is 2.27. The van der Waals surface area contributed by atoms with E-state index >= 15 is 0 Å². The average molecular weight is 374 g/mol. The molecule has 0 radical (unpaired) electrons. The molecule has 6 heteroatoms. The molecule has 3 aromatic rings. The second kappa shape index (κ2) is 8.17. The van der Waals surface area contributed by atoms with E-state index < -0.39 is 0 Å². The number of nitrogens with zero attached hydrogens (tertiary/aromatic N) is 4. The summed E-state index contributed by atoms with van der Waals surface area (Å²) in [5.74, 6) is 1.30. The van der Waals surface area contributed by atoms with Gasteiger partial charge in [-0.05, 0) is 49.6 Å². The summed E-state index contributed by atoms with van der Waals surface area (Å²) in [6, 6.07) is 13.2. The molecular weight excluding hydrogens is 352 g/mol. The first-order valence-corrected chi connectivity index (χ1v) is 9.46. The fourth-order valence-corrected chi connectivity index (χ4v) is 3.46. The first kappa shape index (κ1) is 18.1. The molecule has 142 valence electrons. The molecule has 4 rings (SSSR count). The number of pyridine rings is 1. The van der Waals surface area contributed by atoms with Gasteiger partial charge in [0.2, 0.25) is 5.88 Å². The number of benzene rings is 1. The maximum absolute atomic E-state index is 12.7. The lowest BCUT2D eigenvalue weighted by Crippen LogP contribution is -2.39. The van der Waals surface area contributed by atoms with Crippen LogP contribution in [0.4, 0.5) is 0 Å². The van der Waals surface area contributed by atoms with Gasteiger partial charge in [-0.25, -0.2) is 4.98 Å². The zero-order valence-corrected chi connectivity index (χ0v) is 15.8. The van der Waals surface area contributed by atoms with Crippen LogP contribution in [-0.4, -0.2) is 38.8 Å². The molecule has 2 aromatic heterocycles. The highest BCUT2D eigenvalue weighted by atomic mass is 16.5. The summed E-state index contributed by atoms with van der Waals surface area (Å²) >= 11 is 0. The van der Waals surface area contributed by atoms with Crippen LogP contribution < -0.4 is 4.74 Å². The summed E-state index contributed by atoms with van der Waals surface area (Å²) in [5, 5.41) is 0. The number of aromatic nitrogens is 3. The van der Waals surface area contributed by atoms with Gasteiger partial charge < -0.3 is 9.64 Å². The lowest BCUT2D eigenvalue weighted by molar-refractivity contribution is 0.0699. The first-order valence-electron chi connectivity index (χ1n) is 9.46. The minimum Gasteiger partial charge on any atom is -0.437 e. The van der Waals surface area contributed by atoms with Crippen molar-refractivity contribution in [2.75, 3.05) is 13.1 Å². The van der Waals surface area contributed by atoms with Gasteiger partial charge in [-0.3, -0.25) is 14.8 Å². The molecule has 3 heterocycles. The van der Waals surface area contributed by atoms with Gasteiger partial charge >= 0.3 is 0 Å². The van der Waals surface area contributed by atoms with E-state index in [1.54, 1.807) is 24.7 Å². The Balaban J connectivity index is 1.48. The SMILES string of the molecule is Cc1cccc(Oc2cncc([C@@H]3CCCN(C(=O)c4ccccn4)C3)n2)c1. The maximum atomic E-state index is 12.7. The van der Waals surface area contributed by atoms with E-state index in [-0.39, 0.29) is 11.8 Å². The molecule has 0 unspecified atom stereocenters. The molecule has 0 bridgehead atoms. The maximum Gasteiger partial charge on any atom is 0.272 e. The Labute approximate surface area is 164 Å². The smallest absolute Gasteiger partial charge is 0.272 e. The third-order valence-electron chi connectivity index (χ3n) is 4.85. The van der Waals surface area contributed by atoms with Crippen molar-refractivity contribution < 1.29 is 9.53 Å². The van der Waals surface area contributed by atoms with Crippen molar-refractivity contribution in [3.63, 3.8) is 0 Å². The van der Waals surface area contributed by atoms with E-state index in [0.29, 0.717) is 18.1 Å². The van der Waals surface area contributed by atoms with Gasteiger partial charge in [0.15, 0.2) is 0 Å². The number of piperidine rings is 1. The van der Waals surface area contributed by atoms with Gasteiger partial charge in [-0.2, -0.15) is 0 Å². The zero-order valence-electron chi connectivity index (χ0n) is 15.8. The van der Waals surface area contributed by atoms with E-state index in [2.05, 4.69) is 15.0 Å². The van der Waals surface area contributed by atoms with Crippen LogP contribution >= 0.6 is 0 Å². The van der Waals surface area contributed by atoms with Crippen molar-refractivity contribution in [3.05, 3.63) is 78.0 Å². The van der Waals surface area contributed by atoms with E-state index in [9.17, 15) is 4.79 Å². The van der Waals surface area contributed by atoms with Gasteiger partial charge in [-0.1, -0.05) is 18.2 Å². The van der Waals surface area contributed by atoms with Crippen molar-refractivity contribution in [1.82, 2.24) is 19.9 Å². The van der Waals surface area contributed by atoms with Crippen LogP contribution in [0.5, 0.6) is 11.6 Å². The van der Waals surface area contributed by atoms with Crippen LogP contribution in [0, 0.1) is 6.92 Å². The van der Waals surface area contributed by atoms with Crippen LogP contribution in [0.1, 0.15) is 40.5 Å². The van der Waals surface area contributed by atoms with Crippen molar-refractivity contribution in [1.29, 1.82) is 0 Å². The van der Waals surface area contributed by atoms with Crippen molar-refractivity contribution >= 4 is 5.91 Å². The molecule has 0 spiro atoms. The number of ether oxygens (including phenoxy) is 1. The summed E-state index contributed by atoms with van der Waals surface area (Å²) < 4.78 is 5.87. The third kappa shape index (κ3) is 4.17. The Morgan fingerprint density at radius 3 is 2.93 bits per heavy atom. The lowest BCUT2D eigenvalue weighted by Gasteiger charge is -2.32. The highest BCUT2D eigenvalue weighted by molar-refractivity contribution is 5.92. The molecule has 1 atom stereocenters. The van der Waals surface area contributed by atoms with E-state index in [1.807, 2.05) is 48.2 Å². The monoisotopic (exact) mass is 374 g/mol. The summed E-state index contributed by atoms with van der Waals surface area (Å²) in [4.78, 5) is 27.7. The molecule has 0 saturated carbocycles. The predicted octanol–water partition coefficient (Wildman–Crippen LogP) is 3.99. The number of hydrogen-bond acceptors (Lipinski definition) is 5. The molecule has 1 aromatic carbocycles. The minimum atomic E-state index is -0.0366. The van der Waals surface area contributed by atoms with Crippen LogP contribution in [0.3, 0.4) is 0 Å². The topological polar surface area (TPSA) is 68.2 Å². The Hall–Kier alpha value is -3.28. The predicted molar refractivity (Wildman–Crippen MR) is 105 cm³/mol. The number of carbonyl (C=O) groups excluding carboxylic acids is 1. The average Bonchev–Trinajstić information content (AvgIpc) is 2.74. The fraction of sp³-hybridized carbons (Fsp3) is 0.273. The van der Waals surface area contributed by atoms with E-state index in [0.717, 1.165) is 36.4 Å². The zero-order chi connectivity index (χ0) is 19.3. The number of aryl methyl sites for hydroxylation is 1. The van der Waals surface area contributed by atoms with Crippen molar-refractivity contribution in [2.24, 2.45) is 0 Å². The van der Waals surface area contributed by atoms with Crippen LogP contribution in [0.2, 0.25) is 0 Å². The molecule has 0 aliphatic carbocycles. The number of rotatable bonds is 4. The summed E-state index contributed by atoms with van der Waals surface area (Å²) in [6.45, 7) is 3.36. The summed E-state index contributed by atoms with van der Waals surface area (Å²) in [7, 11) is 0. The second-order valence-electron chi connectivity index (χ2n) is 7.01. The van der Waals surface area contributed by atoms with Gasteiger partial charge in [0, 0.05) is 31.4 Å². The van der Waals surface area contributed by atoms with Gasteiger partial charge in [0.25, 0.3) is 5.91 Å². The first-order chi connectivity index (χ1) is 13.7. The van der Waals surface area contributed by atoms with Crippen molar-refractivity contribution in [2.45, 2.75) is 25.7 Å². The fourth-order valence-electron chi connectivity index (χ4n) is 3.46. The van der Waals surface area contributed by atoms with Crippen LogP contribution in [0.25, 0.3) is 0 Å². The molecular formula is C22H22N4O2. The highest BCUT2D eigenvalue weighted by Crippen LogP contribution is 2.28. The summed E-state index contributed by atoms with van der Waals surface area (Å²) in [5.41, 5.74) is 2.45. The van der Waals surface area contributed by atoms with Crippen molar-refractivity contribution in [3.8, 4) is 11.6 Å². The normalized spacial score (nSPS) is 16.6. The van der Waals surface area contributed by atoms with E-state index in [4.69, 9.17) is 4.74 Å². The quantitative estimate of drug-likeness (QED) is 0.691. The molecule has 0 N–H and O–H groups in total. The number of amides is 1. The number of hydrogen-bond donors (Lipinski definition) is 0. The lowest BCUT2D eigenvalue weighted by atomic mass is 9.95. The Morgan fingerprint density at radius 1 is 1.18 bits per heavy atom. The molecule has 1 amide bonds. The number of carbonyl (C=O) groups is 1. The largest absolute Gasteiger partial charge is 0.437 e. The van der Waals surface area contributed by atoms with Crippen LogP contribution in [-0.2, 0) is 0 Å². The Bertz CT molecular complexity index is 962. The molecule has 1 fully saturated rings. The standard InChI is InChI=1S/C22H22N4O2/c1-16-6-4-8-18(12-16)28-21-14-23-13-20(25-21)17-7-5-11-26(15-17)22(27)19-9-2-3-10-24-19/h2-4,6,8-10,12-14,17H,5,7,11,15H2,1H3/t17-/m1/s1. The molecule has 6 nitrogen and oxygen atoms in total. The van der Waals surface area contributed by atoms with E-state index in [1.165, 1.54) is 0 Å². The summed E-state index contributed by atoms with van der Waals surface area (Å²) in [6.07, 6.45) is 6.92. The Morgan fingerprint density at radius 2 is 2.11 bits per heavy atom. The van der Waals surface area contributed by atoms with Gasteiger partial charge in [-0.15, -0.1) is 0 Å². The molecule has 1 saturated heterocycles. The number of likely N-dealkylation sites (tertiary alicyclic amines) is 1. The second-order valence-corrected chi connectivity index (χ2v) is 7.01. The Kier molecular flexibility index (Phi) is 5.28. The third-order valence-corrected chi connectivity index (χ3v) is 4.85.